The molecule has 0 bridgehead atoms. The molecule has 0 saturated carbocycles. The van der Waals surface area contributed by atoms with E-state index in [0.717, 1.165) is 57.8 Å². The first-order valence-electron chi connectivity index (χ1n) is 6.86. The van der Waals surface area contributed by atoms with Crippen molar-refractivity contribution in [2.45, 2.75) is 78.6 Å². The van der Waals surface area contributed by atoms with E-state index in [1.165, 1.54) is 0 Å². The first kappa shape index (κ1) is 19.2. The Kier molecular flexibility index (Phi) is 12.3. The Morgan fingerprint density at radius 2 is 1.18 bits per heavy atom. The number of rotatable bonds is 10. The summed E-state index contributed by atoms with van der Waals surface area (Å²) in [5.41, 5.74) is -0.429. The molecule has 0 rings (SSSR count). The minimum absolute atomic E-state index is 0. The van der Waals surface area contributed by atoms with Gasteiger partial charge in [0, 0.05) is 0 Å². The van der Waals surface area contributed by atoms with Crippen LogP contribution in [0.25, 0.3) is 0 Å². The predicted molar refractivity (Wildman–Crippen MR) is 79.0 cm³/mol. The Bertz CT molecular complexity index is 171. The van der Waals surface area contributed by atoms with Crippen LogP contribution in [-0.4, -0.2) is 11.1 Å². The fourth-order valence-electron chi connectivity index (χ4n) is 2.24. The number of carboxylic acid groups (broad SMARTS) is 1. The van der Waals surface area contributed by atoms with Gasteiger partial charge in [0.1, 0.15) is 0 Å². The number of hydrogen-bond acceptors (Lipinski definition) is 1. The lowest BCUT2D eigenvalue weighted by molar-refractivity contribution is -0.150. The maximum absolute atomic E-state index is 11.5. The van der Waals surface area contributed by atoms with Gasteiger partial charge in [-0.2, -0.15) is 13.5 Å². The normalized spacial score (nSPS) is 11.0. The summed E-state index contributed by atoms with van der Waals surface area (Å²) in [7, 11) is 0. The third kappa shape index (κ3) is 6.97. The second kappa shape index (κ2) is 10.9. The highest BCUT2D eigenvalue weighted by Gasteiger charge is 2.36. The quantitative estimate of drug-likeness (QED) is 0.617. The van der Waals surface area contributed by atoms with Crippen LogP contribution in [0.2, 0.25) is 0 Å². The van der Waals surface area contributed by atoms with Crippen molar-refractivity contribution in [1.29, 1.82) is 0 Å². The molecule has 0 heterocycles. The number of hydrogen-bond donors (Lipinski definition) is 1. The highest BCUT2D eigenvalue weighted by molar-refractivity contribution is 7.59. The Labute approximate surface area is 114 Å². The summed E-state index contributed by atoms with van der Waals surface area (Å²) in [6.45, 7) is 6.39. The van der Waals surface area contributed by atoms with Crippen molar-refractivity contribution >= 4 is 19.5 Å². The molecule has 0 aliphatic heterocycles. The average molecular weight is 262 g/mol. The van der Waals surface area contributed by atoms with Gasteiger partial charge in [0.2, 0.25) is 0 Å². The van der Waals surface area contributed by atoms with Gasteiger partial charge in [-0.15, -0.1) is 0 Å². The topological polar surface area (TPSA) is 37.3 Å². The van der Waals surface area contributed by atoms with E-state index in [9.17, 15) is 9.90 Å². The smallest absolute Gasteiger partial charge is 0.309 e. The lowest BCUT2D eigenvalue weighted by Crippen LogP contribution is -2.31. The number of carboxylic acids is 1. The lowest BCUT2D eigenvalue weighted by Gasteiger charge is -2.29. The molecule has 0 atom stereocenters. The lowest BCUT2D eigenvalue weighted by atomic mass is 9.74. The van der Waals surface area contributed by atoms with Crippen LogP contribution in [0.3, 0.4) is 0 Å². The van der Waals surface area contributed by atoms with E-state index in [-0.39, 0.29) is 13.5 Å². The van der Waals surface area contributed by atoms with Crippen molar-refractivity contribution in [3.8, 4) is 0 Å². The van der Waals surface area contributed by atoms with Gasteiger partial charge in [0.15, 0.2) is 0 Å². The van der Waals surface area contributed by atoms with Crippen molar-refractivity contribution in [2.75, 3.05) is 0 Å². The summed E-state index contributed by atoms with van der Waals surface area (Å²) in [5, 5.41) is 9.50. The monoisotopic (exact) mass is 262 g/mol. The Balaban J connectivity index is 0. The molecule has 0 spiro atoms. The minimum atomic E-state index is -0.567. The van der Waals surface area contributed by atoms with Crippen LogP contribution in [0.15, 0.2) is 0 Å². The fraction of sp³-hybridized carbons (Fsp3) is 0.929. The van der Waals surface area contributed by atoms with Crippen LogP contribution >= 0.6 is 13.5 Å². The Morgan fingerprint density at radius 3 is 1.35 bits per heavy atom. The number of carbonyl (C=O) groups is 1. The second-order valence-corrected chi connectivity index (χ2v) is 4.90. The molecule has 0 aliphatic rings. The molecule has 0 fully saturated rings. The molecule has 3 heteroatoms. The zero-order valence-electron chi connectivity index (χ0n) is 11.7. The van der Waals surface area contributed by atoms with Crippen molar-refractivity contribution in [1.82, 2.24) is 0 Å². The maximum atomic E-state index is 11.5. The van der Waals surface area contributed by atoms with Crippen LogP contribution < -0.4 is 0 Å². The van der Waals surface area contributed by atoms with Crippen LogP contribution in [0, 0.1) is 5.41 Å². The van der Waals surface area contributed by atoms with Gasteiger partial charge >= 0.3 is 5.97 Å². The highest BCUT2D eigenvalue weighted by atomic mass is 32.1. The van der Waals surface area contributed by atoms with E-state index < -0.39 is 11.4 Å². The summed E-state index contributed by atoms with van der Waals surface area (Å²) < 4.78 is 0. The van der Waals surface area contributed by atoms with E-state index in [1.54, 1.807) is 0 Å². The molecule has 0 aromatic heterocycles. The molecule has 0 radical (unpaired) electrons. The molecule has 0 aliphatic carbocycles. The SMILES string of the molecule is CCCCC(CCCC)(CCCC)C(=O)O.S. The van der Waals surface area contributed by atoms with Crippen molar-refractivity contribution < 1.29 is 9.90 Å². The zero-order valence-corrected chi connectivity index (χ0v) is 12.7. The van der Waals surface area contributed by atoms with Crippen LogP contribution in [0.5, 0.6) is 0 Å². The molecule has 104 valence electrons. The summed E-state index contributed by atoms with van der Waals surface area (Å²) in [6, 6.07) is 0. The summed E-state index contributed by atoms with van der Waals surface area (Å²) >= 11 is 0. The largest absolute Gasteiger partial charge is 0.481 e. The summed E-state index contributed by atoms with van der Waals surface area (Å²) in [6.07, 6.45) is 8.98. The standard InChI is InChI=1S/C14H28O2.H2S/c1-4-7-10-14(13(15)16,11-8-5-2)12-9-6-3;/h4-12H2,1-3H3,(H,15,16);1H2. The zero-order chi connectivity index (χ0) is 12.4. The van der Waals surface area contributed by atoms with E-state index in [0.29, 0.717) is 0 Å². The molecule has 17 heavy (non-hydrogen) atoms. The molecule has 1 N–H and O–H groups in total. The molecule has 2 nitrogen and oxygen atoms in total. The number of unbranched alkanes of at least 4 members (excludes halogenated alkanes) is 3. The summed E-state index contributed by atoms with van der Waals surface area (Å²) in [5.74, 6) is -0.567. The maximum Gasteiger partial charge on any atom is 0.309 e. The van der Waals surface area contributed by atoms with Gasteiger partial charge in [-0.3, -0.25) is 4.79 Å². The predicted octanol–water partition coefficient (Wildman–Crippen LogP) is 4.74. The van der Waals surface area contributed by atoms with Gasteiger partial charge in [-0.05, 0) is 19.3 Å². The first-order valence-corrected chi connectivity index (χ1v) is 6.86. The third-order valence-electron chi connectivity index (χ3n) is 3.48. The molecule has 0 amide bonds. The highest BCUT2D eigenvalue weighted by Crippen LogP contribution is 2.36. The third-order valence-corrected chi connectivity index (χ3v) is 3.48. The van der Waals surface area contributed by atoms with E-state index in [2.05, 4.69) is 20.8 Å². The molecule has 0 aromatic carbocycles. The Hall–Kier alpha value is -0.180. The second-order valence-electron chi connectivity index (χ2n) is 4.90. The molecule has 0 aromatic rings. The molecular formula is C14H30O2S. The van der Waals surface area contributed by atoms with Crippen LogP contribution in [0.4, 0.5) is 0 Å². The van der Waals surface area contributed by atoms with E-state index >= 15 is 0 Å². The number of aliphatic carboxylic acids is 1. The van der Waals surface area contributed by atoms with Crippen molar-refractivity contribution in [2.24, 2.45) is 5.41 Å². The van der Waals surface area contributed by atoms with E-state index in [4.69, 9.17) is 0 Å². The van der Waals surface area contributed by atoms with E-state index in [1.807, 2.05) is 0 Å². The molecule has 0 saturated heterocycles. The van der Waals surface area contributed by atoms with Gasteiger partial charge < -0.3 is 5.11 Å². The van der Waals surface area contributed by atoms with Crippen molar-refractivity contribution in [3.05, 3.63) is 0 Å². The molecular weight excluding hydrogens is 232 g/mol. The van der Waals surface area contributed by atoms with Crippen molar-refractivity contribution in [3.63, 3.8) is 0 Å². The minimum Gasteiger partial charge on any atom is -0.481 e. The van der Waals surface area contributed by atoms with Gasteiger partial charge in [-0.1, -0.05) is 59.3 Å². The van der Waals surface area contributed by atoms with Crippen LogP contribution in [0.1, 0.15) is 78.6 Å². The van der Waals surface area contributed by atoms with Gasteiger partial charge in [0.25, 0.3) is 0 Å². The van der Waals surface area contributed by atoms with Gasteiger partial charge in [0.05, 0.1) is 5.41 Å². The van der Waals surface area contributed by atoms with Crippen LogP contribution in [-0.2, 0) is 4.79 Å². The Morgan fingerprint density at radius 1 is 0.882 bits per heavy atom. The van der Waals surface area contributed by atoms with Gasteiger partial charge in [-0.25, -0.2) is 0 Å². The molecule has 0 unspecified atom stereocenters. The summed E-state index contributed by atoms with van der Waals surface area (Å²) in [4.78, 5) is 11.5. The average Bonchev–Trinajstić information content (AvgIpc) is 2.28. The first-order chi connectivity index (χ1) is 7.63. The fourth-order valence-corrected chi connectivity index (χ4v) is 2.24.